The molecule has 0 unspecified atom stereocenters. The Morgan fingerprint density at radius 3 is 2.20 bits per heavy atom. The van der Waals surface area contributed by atoms with Gasteiger partial charge >= 0.3 is 0 Å². The molecule has 0 saturated heterocycles. The van der Waals surface area contributed by atoms with Crippen molar-refractivity contribution in [3.63, 3.8) is 0 Å². The molecule has 0 spiro atoms. The molecular formula is C22H25Cl3N2O3. The smallest absolute Gasteiger partial charge is 0.261 e. The van der Waals surface area contributed by atoms with Crippen LogP contribution in [-0.4, -0.2) is 34.9 Å². The molecule has 0 aliphatic carbocycles. The SMILES string of the molecule is C[C@H](C(=O)NC(C)(C)C)N(Cc1ccc(Cl)cc1Cl)C(=O)COc1ccc(Cl)cc1. The minimum absolute atomic E-state index is 0.136. The Morgan fingerprint density at radius 1 is 1.03 bits per heavy atom. The van der Waals surface area contributed by atoms with Gasteiger partial charge in [-0.15, -0.1) is 0 Å². The fourth-order valence-corrected chi connectivity index (χ4v) is 3.24. The van der Waals surface area contributed by atoms with Crippen LogP contribution < -0.4 is 10.1 Å². The van der Waals surface area contributed by atoms with E-state index in [0.29, 0.717) is 26.4 Å². The van der Waals surface area contributed by atoms with Gasteiger partial charge in [-0.1, -0.05) is 40.9 Å². The number of carbonyl (C=O) groups is 2. The van der Waals surface area contributed by atoms with E-state index in [0.717, 1.165) is 0 Å². The van der Waals surface area contributed by atoms with Gasteiger partial charge in [-0.2, -0.15) is 0 Å². The van der Waals surface area contributed by atoms with Crippen molar-refractivity contribution in [2.75, 3.05) is 6.61 Å². The minimum Gasteiger partial charge on any atom is -0.484 e. The lowest BCUT2D eigenvalue weighted by molar-refractivity contribution is -0.142. The standard InChI is InChI=1S/C22H25Cl3N2O3/c1-14(21(29)26-22(2,3)4)27(12-15-5-6-17(24)11-19(15)25)20(28)13-30-18-9-7-16(23)8-10-18/h5-11,14H,12-13H2,1-4H3,(H,26,29)/t14-/m1/s1. The van der Waals surface area contributed by atoms with Crippen molar-refractivity contribution >= 4 is 46.6 Å². The second kappa shape index (κ2) is 10.4. The van der Waals surface area contributed by atoms with E-state index >= 15 is 0 Å². The van der Waals surface area contributed by atoms with E-state index in [1.165, 1.54) is 4.90 Å². The van der Waals surface area contributed by atoms with Crippen molar-refractivity contribution in [2.24, 2.45) is 0 Å². The molecular weight excluding hydrogens is 447 g/mol. The summed E-state index contributed by atoms with van der Waals surface area (Å²) in [6, 6.07) is 11.0. The molecule has 0 bridgehead atoms. The molecule has 1 N–H and O–H groups in total. The summed E-state index contributed by atoms with van der Waals surface area (Å²) in [7, 11) is 0. The maximum Gasteiger partial charge on any atom is 0.261 e. The minimum atomic E-state index is -0.739. The molecule has 0 aliphatic rings. The van der Waals surface area contributed by atoms with Crippen LogP contribution in [0.15, 0.2) is 42.5 Å². The fraction of sp³-hybridized carbons (Fsp3) is 0.364. The maximum atomic E-state index is 13.0. The van der Waals surface area contributed by atoms with Gasteiger partial charge in [0.25, 0.3) is 5.91 Å². The Kier molecular flexibility index (Phi) is 8.42. The first-order valence-corrected chi connectivity index (χ1v) is 10.5. The van der Waals surface area contributed by atoms with Gasteiger partial charge in [-0.3, -0.25) is 9.59 Å². The average molecular weight is 472 g/mol. The first-order valence-electron chi connectivity index (χ1n) is 9.40. The topological polar surface area (TPSA) is 58.6 Å². The Balaban J connectivity index is 2.21. The highest BCUT2D eigenvalue weighted by molar-refractivity contribution is 6.35. The average Bonchev–Trinajstić information content (AvgIpc) is 2.65. The van der Waals surface area contributed by atoms with Crippen LogP contribution in [0.4, 0.5) is 0 Å². The van der Waals surface area contributed by atoms with Gasteiger partial charge in [-0.25, -0.2) is 0 Å². The summed E-state index contributed by atoms with van der Waals surface area (Å²) in [6.07, 6.45) is 0. The summed E-state index contributed by atoms with van der Waals surface area (Å²) in [6.45, 7) is 7.21. The zero-order valence-corrected chi connectivity index (χ0v) is 19.6. The van der Waals surface area contributed by atoms with E-state index in [9.17, 15) is 9.59 Å². The highest BCUT2D eigenvalue weighted by Gasteiger charge is 2.29. The van der Waals surface area contributed by atoms with Gasteiger partial charge < -0.3 is 15.0 Å². The van der Waals surface area contributed by atoms with E-state index in [1.807, 2.05) is 20.8 Å². The van der Waals surface area contributed by atoms with Gasteiger partial charge in [0.1, 0.15) is 11.8 Å². The van der Waals surface area contributed by atoms with Gasteiger partial charge in [0, 0.05) is 27.2 Å². The van der Waals surface area contributed by atoms with Crippen LogP contribution in [0.2, 0.25) is 15.1 Å². The lowest BCUT2D eigenvalue weighted by Gasteiger charge is -2.31. The summed E-state index contributed by atoms with van der Waals surface area (Å²) in [4.78, 5) is 27.2. The van der Waals surface area contributed by atoms with Crippen molar-refractivity contribution in [3.8, 4) is 5.75 Å². The third kappa shape index (κ3) is 7.38. The Bertz CT molecular complexity index is 895. The number of hydrogen-bond acceptors (Lipinski definition) is 3. The molecule has 0 fully saturated rings. The lowest BCUT2D eigenvalue weighted by Crippen LogP contribution is -2.53. The molecule has 0 saturated carbocycles. The number of carbonyl (C=O) groups excluding carboxylic acids is 2. The van der Waals surface area contributed by atoms with Crippen molar-refractivity contribution in [3.05, 3.63) is 63.1 Å². The van der Waals surface area contributed by atoms with Crippen LogP contribution in [0.5, 0.6) is 5.75 Å². The molecule has 2 aromatic rings. The van der Waals surface area contributed by atoms with Crippen LogP contribution in [0.1, 0.15) is 33.3 Å². The quantitative estimate of drug-likeness (QED) is 0.591. The van der Waals surface area contributed by atoms with E-state index in [1.54, 1.807) is 49.4 Å². The highest BCUT2D eigenvalue weighted by atomic mass is 35.5. The van der Waals surface area contributed by atoms with Gasteiger partial charge in [-0.05, 0) is 69.7 Å². The monoisotopic (exact) mass is 470 g/mol. The highest BCUT2D eigenvalue weighted by Crippen LogP contribution is 2.23. The summed E-state index contributed by atoms with van der Waals surface area (Å²) in [5.41, 5.74) is 0.244. The first-order chi connectivity index (χ1) is 14.0. The predicted octanol–water partition coefficient (Wildman–Crippen LogP) is 5.36. The molecule has 162 valence electrons. The number of benzene rings is 2. The normalized spacial score (nSPS) is 12.2. The van der Waals surface area contributed by atoms with Crippen LogP contribution in [-0.2, 0) is 16.1 Å². The van der Waals surface area contributed by atoms with Crippen LogP contribution in [0.25, 0.3) is 0 Å². The van der Waals surface area contributed by atoms with Crippen LogP contribution in [0, 0.1) is 0 Å². The van der Waals surface area contributed by atoms with Crippen LogP contribution >= 0.6 is 34.8 Å². The molecule has 8 heteroatoms. The number of nitrogens with one attached hydrogen (secondary N) is 1. The number of ether oxygens (including phenoxy) is 1. The van der Waals surface area contributed by atoms with Gasteiger partial charge in [0.05, 0.1) is 0 Å². The third-order valence-corrected chi connectivity index (χ3v) is 5.04. The van der Waals surface area contributed by atoms with E-state index in [4.69, 9.17) is 39.5 Å². The second-order valence-corrected chi connectivity index (χ2v) is 9.20. The second-order valence-electron chi connectivity index (χ2n) is 7.92. The fourth-order valence-electron chi connectivity index (χ4n) is 2.65. The van der Waals surface area contributed by atoms with Crippen molar-refractivity contribution < 1.29 is 14.3 Å². The molecule has 0 aromatic heterocycles. The van der Waals surface area contributed by atoms with E-state index in [2.05, 4.69) is 5.32 Å². The summed E-state index contributed by atoms with van der Waals surface area (Å²) < 4.78 is 5.59. The number of nitrogens with zero attached hydrogens (tertiary/aromatic N) is 1. The van der Waals surface area contributed by atoms with Crippen molar-refractivity contribution in [1.82, 2.24) is 10.2 Å². The summed E-state index contributed by atoms with van der Waals surface area (Å²) in [5, 5.41) is 4.38. The Hall–Kier alpha value is -1.95. The molecule has 2 rings (SSSR count). The molecule has 0 radical (unpaired) electrons. The Morgan fingerprint density at radius 2 is 1.63 bits per heavy atom. The molecule has 0 heterocycles. The third-order valence-electron chi connectivity index (χ3n) is 4.20. The van der Waals surface area contributed by atoms with Gasteiger partial charge in [0.15, 0.2) is 6.61 Å². The maximum absolute atomic E-state index is 13.0. The molecule has 2 amide bonds. The number of rotatable bonds is 7. The molecule has 2 aromatic carbocycles. The van der Waals surface area contributed by atoms with Crippen LogP contribution in [0.3, 0.4) is 0 Å². The van der Waals surface area contributed by atoms with Crippen molar-refractivity contribution in [1.29, 1.82) is 0 Å². The first kappa shape index (κ1) is 24.3. The van der Waals surface area contributed by atoms with E-state index in [-0.39, 0.29) is 25.0 Å². The number of halogens is 3. The number of amides is 2. The molecule has 30 heavy (non-hydrogen) atoms. The number of hydrogen-bond donors (Lipinski definition) is 1. The molecule has 5 nitrogen and oxygen atoms in total. The zero-order chi connectivity index (χ0) is 22.5. The molecule has 1 atom stereocenters. The largest absolute Gasteiger partial charge is 0.484 e. The molecule has 0 aliphatic heterocycles. The Labute approximate surface area is 192 Å². The zero-order valence-electron chi connectivity index (χ0n) is 17.3. The summed E-state index contributed by atoms with van der Waals surface area (Å²) >= 11 is 18.1. The van der Waals surface area contributed by atoms with Gasteiger partial charge in [0.2, 0.25) is 5.91 Å². The van der Waals surface area contributed by atoms with E-state index < -0.39 is 11.6 Å². The predicted molar refractivity (Wildman–Crippen MR) is 121 cm³/mol. The summed E-state index contributed by atoms with van der Waals surface area (Å²) in [5.74, 6) is -0.121. The lowest BCUT2D eigenvalue weighted by atomic mass is 10.1. The van der Waals surface area contributed by atoms with Crippen molar-refractivity contribution in [2.45, 2.75) is 45.8 Å².